The van der Waals surface area contributed by atoms with Gasteiger partial charge in [0, 0.05) is 25.4 Å². The Morgan fingerprint density at radius 3 is 2.71 bits per heavy atom. The standard InChI is InChI=1S/C18H25NO4S/c20-17(9-13-24(22,23)16-7-2-1-3-8-16)19-12-11-18(21)10-5-4-6-15(18)14-19/h1-3,7-8,15,21H,4-6,9-14H2/t15-,18-/m0/s1. The van der Waals surface area contributed by atoms with Crippen LogP contribution in [0.3, 0.4) is 0 Å². The van der Waals surface area contributed by atoms with Gasteiger partial charge in [0.25, 0.3) is 0 Å². The molecule has 1 aromatic rings. The Bertz CT molecular complexity index is 688. The number of nitrogens with zero attached hydrogens (tertiary/aromatic N) is 1. The van der Waals surface area contributed by atoms with E-state index in [2.05, 4.69) is 0 Å². The number of likely N-dealkylation sites (tertiary alicyclic amines) is 1. The van der Waals surface area contributed by atoms with Crippen molar-refractivity contribution in [3.05, 3.63) is 30.3 Å². The van der Waals surface area contributed by atoms with Crippen molar-refractivity contribution in [3.8, 4) is 0 Å². The molecule has 1 saturated heterocycles. The molecule has 0 aromatic heterocycles. The smallest absolute Gasteiger partial charge is 0.223 e. The van der Waals surface area contributed by atoms with Crippen molar-refractivity contribution in [2.45, 2.75) is 49.0 Å². The average molecular weight is 351 g/mol. The van der Waals surface area contributed by atoms with E-state index in [-0.39, 0.29) is 28.9 Å². The normalized spacial score (nSPS) is 27.5. The van der Waals surface area contributed by atoms with Crippen LogP contribution in [-0.4, -0.2) is 48.8 Å². The Labute approximate surface area is 143 Å². The van der Waals surface area contributed by atoms with E-state index in [0.717, 1.165) is 25.7 Å². The summed E-state index contributed by atoms with van der Waals surface area (Å²) in [5, 5.41) is 10.7. The predicted molar refractivity (Wildman–Crippen MR) is 91.2 cm³/mol. The van der Waals surface area contributed by atoms with Crippen LogP contribution in [-0.2, 0) is 14.6 Å². The van der Waals surface area contributed by atoms with Crippen LogP contribution >= 0.6 is 0 Å². The van der Waals surface area contributed by atoms with E-state index in [9.17, 15) is 18.3 Å². The van der Waals surface area contributed by atoms with Gasteiger partial charge < -0.3 is 10.0 Å². The van der Waals surface area contributed by atoms with E-state index >= 15 is 0 Å². The van der Waals surface area contributed by atoms with Gasteiger partial charge in [-0.3, -0.25) is 4.79 Å². The lowest BCUT2D eigenvalue weighted by Gasteiger charge is -2.47. The Morgan fingerprint density at radius 2 is 1.96 bits per heavy atom. The second-order valence-electron chi connectivity index (χ2n) is 7.02. The molecule has 1 aliphatic carbocycles. The summed E-state index contributed by atoms with van der Waals surface area (Å²) in [7, 11) is -3.43. The molecule has 1 aliphatic heterocycles. The zero-order chi connectivity index (χ0) is 17.2. The van der Waals surface area contributed by atoms with E-state index in [1.165, 1.54) is 0 Å². The number of sulfone groups is 1. The van der Waals surface area contributed by atoms with Crippen molar-refractivity contribution >= 4 is 15.7 Å². The van der Waals surface area contributed by atoms with E-state index < -0.39 is 15.4 Å². The molecule has 132 valence electrons. The van der Waals surface area contributed by atoms with Crippen LogP contribution in [0.1, 0.15) is 38.5 Å². The summed E-state index contributed by atoms with van der Waals surface area (Å²) in [6.07, 6.45) is 4.52. The van der Waals surface area contributed by atoms with Gasteiger partial charge in [-0.25, -0.2) is 8.42 Å². The van der Waals surface area contributed by atoms with Gasteiger partial charge in [0.2, 0.25) is 5.91 Å². The van der Waals surface area contributed by atoms with Crippen molar-refractivity contribution < 1.29 is 18.3 Å². The molecule has 0 radical (unpaired) electrons. The highest BCUT2D eigenvalue weighted by molar-refractivity contribution is 7.91. The monoisotopic (exact) mass is 351 g/mol. The summed E-state index contributed by atoms with van der Waals surface area (Å²) in [6.45, 7) is 1.08. The molecule has 2 fully saturated rings. The van der Waals surface area contributed by atoms with E-state index in [1.54, 1.807) is 35.2 Å². The lowest BCUT2D eigenvalue weighted by Crippen LogP contribution is -2.54. The van der Waals surface area contributed by atoms with Gasteiger partial charge in [0.05, 0.1) is 16.2 Å². The minimum Gasteiger partial charge on any atom is -0.389 e. The van der Waals surface area contributed by atoms with Gasteiger partial charge >= 0.3 is 0 Å². The number of benzene rings is 1. The minimum absolute atomic E-state index is 0.00236. The maximum Gasteiger partial charge on any atom is 0.223 e. The minimum atomic E-state index is -3.43. The van der Waals surface area contributed by atoms with Crippen molar-refractivity contribution in [2.24, 2.45) is 5.92 Å². The maximum atomic E-state index is 12.4. The molecule has 2 atom stereocenters. The van der Waals surface area contributed by atoms with Gasteiger partial charge in [-0.1, -0.05) is 31.0 Å². The molecule has 1 N–H and O–H groups in total. The third-order valence-corrected chi connectivity index (χ3v) is 7.20. The summed E-state index contributed by atoms with van der Waals surface area (Å²) in [5.41, 5.74) is -0.620. The van der Waals surface area contributed by atoms with Crippen LogP contribution in [0.15, 0.2) is 35.2 Å². The number of carbonyl (C=O) groups excluding carboxylic acids is 1. The SMILES string of the molecule is O=C(CCS(=O)(=O)c1ccccc1)N1CC[C@@]2(O)CCCC[C@H]2C1. The molecule has 24 heavy (non-hydrogen) atoms. The molecular formula is C18H25NO4S. The van der Waals surface area contributed by atoms with Crippen molar-refractivity contribution in [3.63, 3.8) is 0 Å². The second kappa shape index (κ2) is 6.84. The molecule has 6 heteroatoms. The number of piperidine rings is 1. The Kier molecular flexibility index (Phi) is 4.97. The molecule has 1 aromatic carbocycles. The fourth-order valence-electron chi connectivity index (χ4n) is 3.92. The summed E-state index contributed by atoms with van der Waals surface area (Å²) < 4.78 is 24.6. The number of hydrogen-bond donors (Lipinski definition) is 1. The van der Waals surface area contributed by atoms with E-state index in [0.29, 0.717) is 19.5 Å². The van der Waals surface area contributed by atoms with Crippen LogP contribution < -0.4 is 0 Å². The van der Waals surface area contributed by atoms with Gasteiger partial charge in [-0.05, 0) is 31.4 Å². The Balaban J connectivity index is 1.58. The van der Waals surface area contributed by atoms with Crippen LogP contribution in [0.2, 0.25) is 0 Å². The highest BCUT2D eigenvalue weighted by atomic mass is 32.2. The van der Waals surface area contributed by atoms with Crippen LogP contribution in [0.4, 0.5) is 0 Å². The highest BCUT2D eigenvalue weighted by Gasteiger charge is 2.43. The first-order valence-corrected chi connectivity index (χ1v) is 10.3. The topological polar surface area (TPSA) is 74.7 Å². The van der Waals surface area contributed by atoms with Crippen LogP contribution in [0, 0.1) is 5.92 Å². The first kappa shape index (κ1) is 17.4. The molecule has 0 bridgehead atoms. The van der Waals surface area contributed by atoms with Crippen molar-refractivity contribution in [2.75, 3.05) is 18.8 Å². The Hall–Kier alpha value is -1.40. The summed E-state index contributed by atoms with van der Waals surface area (Å²) >= 11 is 0. The second-order valence-corrected chi connectivity index (χ2v) is 9.13. The third kappa shape index (κ3) is 3.64. The maximum absolute atomic E-state index is 12.4. The summed E-state index contributed by atoms with van der Waals surface area (Å²) in [6, 6.07) is 8.25. The molecule has 3 rings (SSSR count). The number of aliphatic hydroxyl groups is 1. The van der Waals surface area contributed by atoms with Gasteiger partial charge in [-0.15, -0.1) is 0 Å². The molecule has 2 aliphatic rings. The quantitative estimate of drug-likeness (QED) is 0.900. The van der Waals surface area contributed by atoms with Crippen molar-refractivity contribution in [1.29, 1.82) is 0 Å². The van der Waals surface area contributed by atoms with Gasteiger partial charge in [-0.2, -0.15) is 0 Å². The number of carbonyl (C=O) groups is 1. The lowest BCUT2D eigenvalue weighted by molar-refractivity contribution is -0.142. The fraction of sp³-hybridized carbons (Fsp3) is 0.611. The fourth-order valence-corrected chi connectivity index (χ4v) is 5.17. The molecule has 5 nitrogen and oxygen atoms in total. The van der Waals surface area contributed by atoms with Crippen LogP contribution in [0.5, 0.6) is 0 Å². The Morgan fingerprint density at radius 1 is 1.21 bits per heavy atom. The number of rotatable bonds is 4. The summed E-state index contributed by atoms with van der Waals surface area (Å²) in [4.78, 5) is 14.4. The lowest BCUT2D eigenvalue weighted by atomic mass is 9.71. The van der Waals surface area contributed by atoms with E-state index in [4.69, 9.17) is 0 Å². The third-order valence-electron chi connectivity index (χ3n) is 5.47. The molecule has 1 amide bonds. The molecule has 0 spiro atoms. The largest absolute Gasteiger partial charge is 0.389 e. The average Bonchev–Trinajstić information content (AvgIpc) is 2.59. The summed E-state index contributed by atoms with van der Waals surface area (Å²) in [5.74, 6) is -0.154. The van der Waals surface area contributed by atoms with E-state index in [1.807, 2.05) is 0 Å². The first-order valence-electron chi connectivity index (χ1n) is 8.69. The predicted octanol–water partition coefficient (Wildman–Crippen LogP) is 2.00. The molecule has 0 unspecified atom stereocenters. The zero-order valence-corrected chi connectivity index (χ0v) is 14.7. The first-order chi connectivity index (χ1) is 11.4. The number of amides is 1. The highest BCUT2D eigenvalue weighted by Crippen LogP contribution is 2.39. The van der Waals surface area contributed by atoms with Gasteiger partial charge in [0.15, 0.2) is 9.84 Å². The molecular weight excluding hydrogens is 326 g/mol. The van der Waals surface area contributed by atoms with Crippen LogP contribution in [0.25, 0.3) is 0 Å². The zero-order valence-electron chi connectivity index (χ0n) is 13.9. The molecule has 1 saturated carbocycles. The van der Waals surface area contributed by atoms with Crippen molar-refractivity contribution in [1.82, 2.24) is 4.90 Å². The van der Waals surface area contributed by atoms with Gasteiger partial charge in [0.1, 0.15) is 0 Å². The molecule has 1 heterocycles. The number of hydrogen-bond acceptors (Lipinski definition) is 4. The number of fused-ring (bicyclic) bond motifs is 1.